The number of nitrogens with zero attached hydrogens (tertiary/aromatic N) is 6. The first-order chi connectivity index (χ1) is 18.5. The number of rotatable bonds is 5. The molecule has 1 amide bonds. The molecule has 0 bridgehead atoms. The Kier molecular flexibility index (Phi) is 7.09. The molecule has 39 heavy (non-hydrogen) atoms. The quantitative estimate of drug-likeness (QED) is 0.481. The zero-order valence-electron chi connectivity index (χ0n) is 23.0. The molecule has 3 aromatic rings. The Bertz CT molecular complexity index is 1380. The van der Waals surface area contributed by atoms with E-state index in [2.05, 4.69) is 16.1 Å². The lowest BCUT2D eigenvalue weighted by molar-refractivity contribution is -0.141. The number of carbonyl (C=O) groups is 1. The van der Waals surface area contributed by atoms with Gasteiger partial charge in [0.05, 0.1) is 30.1 Å². The third-order valence-electron chi connectivity index (χ3n) is 6.52. The lowest BCUT2D eigenvalue weighted by Crippen LogP contribution is -2.50. The van der Waals surface area contributed by atoms with E-state index in [4.69, 9.17) is 23.9 Å². The van der Waals surface area contributed by atoms with E-state index in [0.717, 1.165) is 16.9 Å². The minimum Gasteiger partial charge on any atom is -0.489 e. The molecule has 11 heteroatoms. The molecule has 0 unspecified atom stereocenters. The molecule has 0 spiro atoms. The van der Waals surface area contributed by atoms with Gasteiger partial charge in [0.1, 0.15) is 35.9 Å². The van der Waals surface area contributed by atoms with Gasteiger partial charge in [-0.25, -0.2) is 14.3 Å². The van der Waals surface area contributed by atoms with E-state index >= 15 is 0 Å². The number of anilines is 1. The van der Waals surface area contributed by atoms with Crippen molar-refractivity contribution >= 4 is 17.4 Å². The Morgan fingerprint density at radius 3 is 2.59 bits per heavy atom. The fourth-order valence-corrected chi connectivity index (χ4v) is 4.69. The highest BCUT2D eigenvalue weighted by molar-refractivity contribution is 5.85. The molecule has 2 fully saturated rings. The SMILES string of the molecule is CC(C)(C)OC(=O)N1CCN(c2ccc(-c3cc(OC[C@H]4COC(C)(C)O4)cn4ncc(C#N)c34)cn2)CC1. The zero-order chi connectivity index (χ0) is 27.8. The molecule has 0 aromatic carbocycles. The van der Waals surface area contributed by atoms with Gasteiger partial charge in [0.25, 0.3) is 0 Å². The summed E-state index contributed by atoms with van der Waals surface area (Å²) < 4.78 is 24.7. The van der Waals surface area contributed by atoms with Crippen molar-refractivity contribution in [3.05, 3.63) is 42.4 Å². The molecular formula is C28H34N6O5. The van der Waals surface area contributed by atoms with Gasteiger partial charge in [-0.2, -0.15) is 10.4 Å². The van der Waals surface area contributed by atoms with Crippen LogP contribution in [0.25, 0.3) is 16.6 Å². The smallest absolute Gasteiger partial charge is 0.410 e. The molecule has 0 aliphatic carbocycles. The van der Waals surface area contributed by atoms with Crippen LogP contribution in [0.5, 0.6) is 5.75 Å². The molecule has 206 valence electrons. The Morgan fingerprint density at radius 1 is 1.21 bits per heavy atom. The number of aromatic nitrogens is 3. The summed E-state index contributed by atoms with van der Waals surface area (Å²) in [5, 5.41) is 14.0. The van der Waals surface area contributed by atoms with E-state index in [9.17, 15) is 10.1 Å². The van der Waals surface area contributed by atoms with Crippen LogP contribution in [0.1, 0.15) is 40.2 Å². The van der Waals surface area contributed by atoms with Gasteiger partial charge in [-0.1, -0.05) is 0 Å². The second kappa shape index (κ2) is 10.4. The predicted molar refractivity (Wildman–Crippen MR) is 144 cm³/mol. The van der Waals surface area contributed by atoms with E-state index in [0.29, 0.717) is 56.2 Å². The summed E-state index contributed by atoms with van der Waals surface area (Å²) in [5.74, 6) is 0.796. The average molecular weight is 535 g/mol. The van der Waals surface area contributed by atoms with Crippen LogP contribution in [0.15, 0.2) is 36.8 Å². The summed E-state index contributed by atoms with van der Waals surface area (Å²) in [4.78, 5) is 21.0. The van der Waals surface area contributed by atoms with Gasteiger partial charge in [0, 0.05) is 43.5 Å². The second-order valence-corrected chi connectivity index (χ2v) is 11.2. The van der Waals surface area contributed by atoms with Crippen molar-refractivity contribution < 1.29 is 23.7 Å². The topological polar surface area (TPSA) is 114 Å². The fourth-order valence-electron chi connectivity index (χ4n) is 4.69. The van der Waals surface area contributed by atoms with Gasteiger partial charge in [-0.05, 0) is 52.8 Å². The monoisotopic (exact) mass is 534 g/mol. The molecule has 11 nitrogen and oxygen atoms in total. The molecule has 3 aromatic heterocycles. The maximum atomic E-state index is 12.4. The molecule has 5 rings (SSSR count). The highest BCUT2D eigenvalue weighted by Crippen LogP contribution is 2.32. The van der Waals surface area contributed by atoms with Crippen LogP contribution in [-0.2, 0) is 14.2 Å². The van der Waals surface area contributed by atoms with E-state index in [-0.39, 0.29) is 12.2 Å². The lowest BCUT2D eigenvalue weighted by atomic mass is 10.1. The third-order valence-corrected chi connectivity index (χ3v) is 6.52. The second-order valence-electron chi connectivity index (χ2n) is 11.2. The Labute approximate surface area is 227 Å². The summed E-state index contributed by atoms with van der Waals surface area (Å²) in [7, 11) is 0. The fraction of sp³-hybridized carbons (Fsp3) is 0.500. The van der Waals surface area contributed by atoms with Gasteiger partial charge >= 0.3 is 6.09 Å². The average Bonchev–Trinajstić information content (AvgIpc) is 3.48. The number of amides is 1. The standard InChI is InChI=1S/C28H34N6O5/c1-27(2,3)39-26(35)33-10-8-32(9-11-33)24-7-6-19(14-30-24)23-12-21(16-34-25(23)20(13-29)15-31-34)36-17-22-18-37-28(4,5)38-22/h6-7,12,14-16,22H,8-11,17-18H2,1-5H3/t22-/m0/s1. The van der Waals surface area contributed by atoms with Crippen LogP contribution in [0.3, 0.4) is 0 Å². The third kappa shape index (κ3) is 6.08. The van der Waals surface area contributed by atoms with Crippen molar-refractivity contribution in [2.75, 3.05) is 44.3 Å². The molecular weight excluding hydrogens is 500 g/mol. The Hall–Kier alpha value is -3.88. The number of carbonyl (C=O) groups excluding carboxylic acids is 1. The molecule has 0 radical (unpaired) electrons. The first-order valence-electron chi connectivity index (χ1n) is 13.1. The number of nitriles is 1. The van der Waals surface area contributed by atoms with E-state index in [1.807, 2.05) is 52.8 Å². The van der Waals surface area contributed by atoms with Crippen molar-refractivity contribution in [1.82, 2.24) is 19.5 Å². The molecule has 2 aliphatic rings. The summed E-state index contributed by atoms with van der Waals surface area (Å²) in [5.41, 5.74) is 2.26. The van der Waals surface area contributed by atoms with Crippen molar-refractivity contribution in [3.63, 3.8) is 0 Å². The number of ether oxygens (including phenoxy) is 4. The Balaban J connectivity index is 1.32. The molecule has 0 N–H and O–H groups in total. The normalized spacial score (nSPS) is 19.2. The van der Waals surface area contributed by atoms with Crippen molar-refractivity contribution in [1.29, 1.82) is 5.26 Å². The van der Waals surface area contributed by atoms with Crippen molar-refractivity contribution in [2.45, 2.75) is 52.1 Å². The number of piperazine rings is 1. The van der Waals surface area contributed by atoms with Crippen LogP contribution in [0, 0.1) is 11.3 Å². The molecule has 5 heterocycles. The molecule has 2 saturated heterocycles. The van der Waals surface area contributed by atoms with Crippen LogP contribution in [0.2, 0.25) is 0 Å². The van der Waals surface area contributed by atoms with Crippen LogP contribution >= 0.6 is 0 Å². The predicted octanol–water partition coefficient (Wildman–Crippen LogP) is 3.86. The number of fused-ring (bicyclic) bond motifs is 1. The molecule has 1 atom stereocenters. The first kappa shape index (κ1) is 26.7. The number of pyridine rings is 2. The summed E-state index contributed by atoms with van der Waals surface area (Å²) >= 11 is 0. The molecule has 0 saturated carbocycles. The maximum absolute atomic E-state index is 12.4. The first-order valence-corrected chi connectivity index (χ1v) is 13.1. The summed E-state index contributed by atoms with van der Waals surface area (Å²) in [6, 6.07) is 8.06. The number of hydrogen-bond donors (Lipinski definition) is 0. The highest BCUT2D eigenvalue weighted by Gasteiger charge is 2.33. The highest BCUT2D eigenvalue weighted by atomic mass is 16.7. The molecule has 2 aliphatic heterocycles. The summed E-state index contributed by atoms with van der Waals surface area (Å²) in [6.07, 6.45) is 4.63. The van der Waals surface area contributed by atoms with E-state index < -0.39 is 11.4 Å². The Morgan fingerprint density at radius 2 is 1.97 bits per heavy atom. The van der Waals surface area contributed by atoms with Gasteiger partial charge < -0.3 is 28.7 Å². The van der Waals surface area contributed by atoms with Gasteiger partial charge in [-0.15, -0.1) is 0 Å². The van der Waals surface area contributed by atoms with Crippen LogP contribution in [0.4, 0.5) is 10.6 Å². The van der Waals surface area contributed by atoms with Crippen LogP contribution in [-0.4, -0.2) is 82.5 Å². The van der Waals surface area contributed by atoms with Crippen LogP contribution < -0.4 is 9.64 Å². The minimum atomic E-state index is -0.622. The minimum absolute atomic E-state index is 0.178. The van der Waals surface area contributed by atoms with Gasteiger partial charge in [-0.3, -0.25) is 0 Å². The van der Waals surface area contributed by atoms with Crippen molar-refractivity contribution in [2.24, 2.45) is 0 Å². The lowest BCUT2D eigenvalue weighted by Gasteiger charge is -2.36. The maximum Gasteiger partial charge on any atom is 0.410 e. The summed E-state index contributed by atoms with van der Waals surface area (Å²) in [6.45, 7) is 12.6. The van der Waals surface area contributed by atoms with E-state index in [1.54, 1.807) is 28.0 Å². The van der Waals surface area contributed by atoms with E-state index in [1.165, 1.54) is 0 Å². The van der Waals surface area contributed by atoms with Gasteiger partial charge in [0.2, 0.25) is 0 Å². The largest absolute Gasteiger partial charge is 0.489 e. The van der Waals surface area contributed by atoms with Crippen molar-refractivity contribution in [3.8, 4) is 22.9 Å². The zero-order valence-corrected chi connectivity index (χ0v) is 23.0. The number of hydrogen-bond acceptors (Lipinski definition) is 9. The van der Waals surface area contributed by atoms with Gasteiger partial charge in [0.15, 0.2) is 5.79 Å².